The van der Waals surface area contributed by atoms with Crippen molar-refractivity contribution in [3.05, 3.63) is 18.1 Å². The molecule has 0 bridgehead atoms. The molecule has 41 heavy (non-hydrogen) atoms. The number of aliphatic carboxylic acids is 2. The number of hydrogen-bond donors (Lipinski definition) is 3. The van der Waals surface area contributed by atoms with E-state index in [1.54, 1.807) is 11.6 Å². The normalized spacial score (nSPS) is 18.5. The van der Waals surface area contributed by atoms with Gasteiger partial charge >= 0.3 is 24.3 Å². The fourth-order valence-corrected chi connectivity index (χ4v) is 3.80. The second-order valence-corrected chi connectivity index (χ2v) is 8.90. The maximum Gasteiger partial charge on any atom is 0.490 e. The molecule has 4 heterocycles. The molecule has 2 saturated heterocycles. The Hall–Kier alpha value is -3.78. The van der Waals surface area contributed by atoms with E-state index < -0.39 is 24.3 Å². The van der Waals surface area contributed by atoms with Crippen molar-refractivity contribution in [3.8, 4) is 0 Å². The van der Waals surface area contributed by atoms with Gasteiger partial charge < -0.3 is 29.9 Å². The molecule has 0 aromatic carbocycles. The van der Waals surface area contributed by atoms with Crippen LogP contribution in [0.4, 0.5) is 32.2 Å². The highest BCUT2D eigenvalue weighted by molar-refractivity contribution is 5.82. The lowest BCUT2D eigenvalue weighted by molar-refractivity contribution is -0.193. The molecule has 2 aliphatic rings. The van der Waals surface area contributed by atoms with E-state index in [4.69, 9.17) is 29.3 Å². The van der Waals surface area contributed by atoms with E-state index >= 15 is 0 Å². The molecule has 14 nitrogen and oxygen atoms in total. The molecule has 1 spiro atoms. The van der Waals surface area contributed by atoms with Gasteiger partial charge in [0.1, 0.15) is 23.8 Å². The topological polar surface area (TPSA) is 172 Å². The van der Waals surface area contributed by atoms with Gasteiger partial charge in [0.2, 0.25) is 5.91 Å². The summed E-state index contributed by atoms with van der Waals surface area (Å²) >= 11 is 0. The fourth-order valence-electron chi connectivity index (χ4n) is 3.80. The van der Waals surface area contributed by atoms with Gasteiger partial charge in [-0.3, -0.25) is 9.69 Å². The van der Waals surface area contributed by atoms with Gasteiger partial charge in [-0.2, -0.15) is 40.9 Å². The predicted octanol–water partition coefficient (Wildman–Crippen LogP) is 0.351. The number of fused-ring (bicyclic) bond motifs is 1. The third-order valence-corrected chi connectivity index (χ3v) is 5.65. The minimum absolute atomic E-state index is 0.0188. The van der Waals surface area contributed by atoms with E-state index in [2.05, 4.69) is 30.2 Å². The summed E-state index contributed by atoms with van der Waals surface area (Å²) in [5, 5.41) is 21.4. The van der Waals surface area contributed by atoms with Crippen LogP contribution in [-0.4, -0.2) is 130 Å². The Morgan fingerprint density at radius 3 is 2.17 bits per heavy atom. The lowest BCUT2D eigenvalue weighted by Gasteiger charge is -2.55. The van der Waals surface area contributed by atoms with Crippen molar-refractivity contribution in [1.82, 2.24) is 29.8 Å². The average Bonchev–Trinajstić information content (AvgIpc) is 3.30. The number of anilines is 1. The molecular weight excluding hydrogens is 576 g/mol. The smallest absolute Gasteiger partial charge is 0.475 e. The molecule has 1 atom stereocenters. The van der Waals surface area contributed by atoms with E-state index in [-0.39, 0.29) is 17.6 Å². The van der Waals surface area contributed by atoms with Gasteiger partial charge in [-0.25, -0.2) is 14.6 Å². The number of hydrogen-bond acceptors (Lipinski definition) is 10. The van der Waals surface area contributed by atoms with Crippen LogP contribution < -0.4 is 10.2 Å². The molecule has 0 radical (unpaired) electrons. The van der Waals surface area contributed by atoms with Gasteiger partial charge in [0.25, 0.3) is 5.78 Å². The summed E-state index contributed by atoms with van der Waals surface area (Å²) < 4.78 is 76.3. The molecule has 1 amide bonds. The van der Waals surface area contributed by atoms with Gasteiger partial charge in [0.05, 0.1) is 26.3 Å². The van der Waals surface area contributed by atoms with Gasteiger partial charge in [-0.1, -0.05) is 0 Å². The third kappa shape index (κ3) is 9.11. The van der Waals surface area contributed by atoms with E-state index in [0.29, 0.717) is 32.1 Å². The van der Waals surface area contributed by atoms with Crippen molar-refractivity contribution in [3.63, 3.8) is 0 Å². The van der Waals surface area contributed by atoms with E-state index in [9.17, 15) is 31.1 Å². The number of carboxylic acids is 2. The predicted molar refractivity (Wildman–Crippen MR) is 125 cm³/mol. The second kappa shape index (κ2) is 13.3. The highest BCUT2D eigenvalue weighted by Gasteiger charge is 2.50. The van der Waals surface area contributed by atoms with Crippen LogP contribution in [0.25, 0.3) is 5.78 Å². The zero-order valence-corrected chi connectivity index (χ0v) is 21.9. The lowest BCUT2D eigenvalue weighted by atomic mass is 9.90. The van der Waals surface area contributed by atoms with Crippen molar-refractivity contribution in [1.29, 1.82) is 0 Å². The highest BCUT2D eigenvalue weighted by Crippen LogP contribution is 2.34. The van der Waals surface area contributed by atoms with Gasteiger partial charge in [-0.05, 0) is 14.0 Å². The number of ether oxygens (including phenoxy) is 2. The molecule has 1 unspecified atom stereocenters. The van der Waals surface area contributed by atoms with E-state index in [0.717, 1.165) is 24.6 Å². The Morgan fingerprint density at radius 1 is 1.12 bits per heavy atom. The standard InChI is InChI=1S/C17H25N7O3.2C2HF3O2/c1-12-6-14(24-16(21-12)19-11-20-24)23-9-17(10-23)8-22(2)13(7-27-17)15(25)18-4-5-26-3;2*3-2(4,5)1(6)7/h6,11,13H,4-5,7-10H2,1-3H3,(H,18,25);2*(H,6,7). The number of halogens is 6. The largest absolute Gasteiger partial charge is 0.490 e. The summed E-state index contributed by atoms with van der Waals surface area (Å²) in [5.74, 6) is -3.97. The Bertz CT molecular complexity index is 1190. The summed E-state index contributed by atoms with van der Waals surface area (Å²) in [6.07, 6.45) is -8.65. The number of carbonyl (C=O) groups is 3. The van der Waals surface area contributed by atoms with Crippen LogP contribution in [0.15, 0.2) is 12.4 Å². The first kappa shape index (κ1) is 33.4. The number of carbonyl (C=O) groups excluding carboxylic acids is 1. The van der Waals surface area contributed by atoms with Crippen LogP contribution in [0, 0.1) is 6.92 Å². The summed E-state index contributed by atoms with van der Waals surface area (Å²) in [6.45, 7) is 5.54. The molecule has 0 aliphatic carbocycles. The number of carboxylic acid groups (broad SMARTS) is 2. The van der Waals surface area contributed by atoms with Crippen molar-refractivity contribution in [2.75, 3.05) is 58.5 Å². The van der Waals surface area contributed by atoms with Crippen LogP contribution in [-0.2, 0) is 23.9 Å². The summed E-state index contributed by atoms with van der Waals surface area (Å²) in [4.78, 5) is 43.0. The molecule has 2 aromatic heterocycles. The molecule has 3 N–H and O–H groups in total. The average molecular weight is 603 g/mol. The van der Waals surface area contributed by atoms with Gasteiger partial charge in [-0.15, -0.1) is 0 Å². The number of nitrogens with zero attached hydrogens (tertiary/aromatic N) is 6. The molecule has 0 saturated carbocycles. The van der Waals surface area contributed by atoms with Crippen LogP contribution in [0.5, 0.6) is 0 Å². The van der Waals surface area contributed by atoms with Crippen molar-refractivity contribution < 1.29 is 60.4 Å². The first-order valence-corrected chi connectivity index (χ1v) is 11.5. The molecule has 230 valence electrons. The van der Waals surface area contributed by atoms with Crippen molar-refractivity contribution in [2.45, 2.75) is 30.9 Å². The fraction of sp³-hybridized carbons (Fsp3) is 0.619. The summed E-state index contributed by atoms with van der Waals surface area (Å²) in [6, 6.07) is 1.74. The lowest BCUT2D eigenvalue weighted by Crippen LogP contribution is -2.72. The Balaban J connectivity index is 0.000000349. The molecule has 20 heteroatoms. The number of aryl methyl sites for hydroxylation is 1. The maximum atomic E-state index is 12.3. The number of likely N-dealkylation sites (N-methyl/N-ethyl adjacent to an activating group) is 1. The number of morpholine rings is 1. The summed E-state index contributed by atoms with van der Waals surface area (Å²) in [7, 11) is 3.59. The van der Waals surface area contributed by atoms with Crippen molar-refractivity contribution >= 4 is 29.4 Å². The highest BCUT2D eigenvalue weighted by atomic mass is 19.4. The number of nitrogens with one attached hydrogen (secondary N) is 1. The number of methoxy groups -OCH3 is 1. The van der Waals surface area contributed by atoms with Crippen LogP contribution in [0.2, 0.25) is 0 Å². The monoisotopic (exact) mass is 603 g/mol. The van der Waals surface area contributed by atoms with Gasteiger partial charge in [0.15, 0.2) is 0 Å². The van der Waals surface area contributed by atoms with E-state index in [1.807, 2.05) is 20.0 Å². The van der Waals surface area contributed by atoms with Crippen LogP contribution in [0.3, 0.4) is 0 Å². The van der Waals surface area contributed by atoms with Gasteiger partial charge in [0, 0.05) is 32.0 Å². The number of rotatable bonds is 5. The molecule has 2 aliphatic heterocycles. The summed E-state index contributed by atoms with van der Waals surface area (Å²) in [5.41, 5.74) is 0.642. The molecule has 2 fully saturated rings. The first-order chi connectivity index (χ1) is 18.9. The Labute approximate surface area is 227 Å². The Morgan fingerprint density at radius 2 is 1.68 bits per heavy atom. The maximum absolute atomic E-state index is 12.3. The second-order valence-electron chi connectivity index (χ2n) is 8.90. The zero-order valence-electron chi connectivity index (χ0n) is 21.9. The van der Waals surface area contributed by atoms with Crippen LogP contribution in [0.1, 0.15) is 5.69 Å². The molecule has 2 aromatic rings. The number of amides is 1. The number of aromatic nitrogens is 4. The number of alkyl halides is 6. The molecule has 4 rings (SSSR count). The Kier molecular flexibility index (Phi) is 10.8. The minimum atomic E-state index is -5.08. The van der Waals surface area contributed by atoms with Crippen molar-refractivity contribution in [2.24, 2.45) is 0 Å². The minimum Gasteiger partial charge on any atom is -0.475 e. The van der Waals surface area contributed by atoms with Crippen LogP contribution >= 0.6 is 0 Å². The molecular formula is C21H27F6N7O7. The van der Waals surface area contributed by atoms with E-state index in [1.165, 1.54) is 6.33 Å². The SMILES string of the molecule is COCCNC(=O)C1COC2(CN(c3cc(C)nc4ncnn34)C2)CN1C.O=C(O)C(F)(F)F.O=C(O)C(F)(F)F. The first-order valence-electron chi connectivity index (χ1n) is 11.5. The third-order valence-electron chi connectivity index (χ3n) is 5.65. The zero-order chi connectivity index (χ0) is 31.2. The quantitative estimate of drug-likeness (QED) is 0.317.